The molecule has 2 rings (SSSR count). The summed E-state index contributed by atoms with van der Waals surface area (Å²) in [6.07, 6.45) is 0. The largest absolute Gasteiger partial charge is 0.545 e. The Morgan fingerprint density at radius 3 is 1.95 bits per heavy atom. The molecule has 0 spiro atoms. The summed E-state index contributed by atoms with van der Waals surface area (Å²) >= 11 is 0. The first-order valence-electron chi connectivity index (χ1n) is 6.69. The molecule has 2 aromatic rings. The lowest BCUT2D eigenvalue weighted by Gasteiger charge is -2.23. The van der Waals surface area contributed by atoms with Gasteiger partial charge in [0, 0.05) is 11.3 Å². The molecule has 0 saturated heterocycles. The van der Waals surface area contributed by atoms with Crippen molar-refractivity contribution >= 4 is 11.7 Å². The summed E-state index contributed by atoms with van der Waals surface area (Å²) in [7, 11) is 6.60. The second-order valence-corrected chi connectivity index (χ2v) is 5.84. The Bertz CT molecular complexity index is 558. The van der Waals surface area contributed by atoms with Crippen LogP contribution in [0.25, 0.3) is 0 Å². The average molecular weight is 286 g/mol. The molecule has 2 aromatic carbocycles. The van der Waals surface area contributed by atoms with Crippen LogP contribution in [0.4, 0.5) is 5.69 Å². The number of carboxylic acids is 1. The molecule has 0 radical (unpaired) electrons. The van der Waals surface area contributed by atoms with E-state index in [1.807, 2.05) is 0 Å². The van der Waals surface area contributed by atoms with Crippen LogP contribution in [0.2, 0.25) is 0 Å². The van der Waals surface area contributed by atoms with Crippen molar-refractivity contribution in [2.75, 3.05) is 26.9 Å². The summed E-state index contributed by atoms with van der Waals surface area (Å²) in [5.74, 6) is -1.18. The van der Waals surface area contributed by atoms with Gasteiger partial charge in [0.1, 0.15) is 6.54 Å². The van der Waals surface area contributed by atoms with Crippen molar-refractivity contribution in [1.82, 2.24) is 0 Å². The predicted octanol–water partition coefficient (Wildman–Crippen LogP) is 1.53. The highest BCUT2D eigenvalue weighted by Gasteiger charge is 2.06. The molecule has 4 heteroatoms. The molecule has 2 N–H and O–H groups in total. The molecule has 0 fully saturated rings. The predicted molar refractivity (Wildman–Crippen MR) is 83.4 cm³/mol. The highest BCUT2D eigenvalue weighted by molar-refractivity contribution is 5.86. The maximum absolute atomic E-state index is 10.2. The Hall–Kier alpha value is -2.33. The van der Waals surface area contributed by atoms with Crippen LogP contribution in [0.15, 0.2) is 54.6 Å². The van der Waals surface area contributed by atoms with E-state index in [0.29, 0.717) is 5.69 Å². The van der Waals surface area contributed by atoms with Gasteiger partial charge in [-0.3, -0.25) is 0 Å². The number of quaternary nitrogens is 1. The van der Waals surface area contributed by atoms with E-state index in [2.05, 4.69) is 51.5 Å². The van der Waals surface area contributed by atoms with Gasteiger partial charge in [-0.05, 0) is 17.7 Å². The second-order valence-electron chi connectivity index (χ2n) is 5.84. The fourth-order valence-corrected chi connectivity index (χ4v) is 1.75. The standard InChI is InChI=1S/C10H16N.C7H7NO2/c1-11(2,3)9-10-7-5-4-6-8-10;8-6-3-1-5(2-4-6)7(9)10/h4-8H,9H2,1-3H3;1-4H,8H2,(H,9,10)/q+1;/p-1. The van der Waals surface area contributed by atoms with Crippen LogP contribution in [-0.4, -0.2) is 31.6 Å². The molecular formula is C17H22N2O2. The van der Waals surface area contributed by atoms with Crippen LogP contribution in [-0.2, 0) is 6.54 Å². The quantitative estimate of drug-likeness (QED) is 0.687. The average Bonchev–Trinajstić information content (AvgIpc) is 2.39. The maximum atomic E-state index is 10.2. The van der Waals surface area contributed by atoms with E-state index in [9.17, 15) is 9.90 Å². The zero-order valence-corrected chi connectivity index (χ0v) is 12.7. The van der Waals surface area contributed by atoms with Gasteiger partial charge in [-0.15, -0.1) is 0 Å². The maximum Gasteiger partial charge on any atom is 0.104 e. The minimum absolute atomic E-state index is 0.147. The lowest BCUT2D eigenvalue weighted by atomic mass is 10.2. The van der Waals surface area contributed by atoms with Crippen LogP contribution in [0.3, 0.4) is 0 Å². The fourth-order valence-electron chi connectivity index (χ4n) is 1.75. The van der Waals surface area contributed by atoms with Crippen LogP contribution in [0.5, 0.6) is 0 Å². The summed E-state index contributed by atoms with van der Waals surface area (Å²) in [6.45, 7) is 1.10. The Labute approximate surface area is 126 Å². The summed E-state index contributed by atoms with van der Waals surface area (Å²) in [5, 5.41) is 10.2. The first kappa shape index (κ1) is 16.7. The number of carbonyl (C=O) groups excluding carboxylic acids is 1. The Morgan fingerprint density at radius 2 is 1.52 bits per heavy atom. The highest BCUT2D eigenvalue weighted by Crippen LogP contribution is 2.05. The van der Waals surface area contributed by atoms with Gasteiger partial charge in [-0.1, -0.05) is 42.5 Å². The lowest BCUT2D eigenvalue weighted by molar-refractivity contribution is -0.884. The van der Waals surface area contributed by atoms with E-state index >= 15 is 0 Å². The van der Waals surface area contributed by atoms with Gasteiger partial charge < -0.3 is 20.1 Å². The number of rotatable bonds is 3. The van der Waals surface area contributed by atoms with Gasteiger partial charge in [0.25, 0.3) is 0 Å². The van der Waals surface area contributed by atoms with Crippen molar-refractivity contribution in [1.29, 1.82) is 0 Å². The van der Waals surface area contributed by atoms with Gasteiger partial charge in [0.05, 0.1) is 27.1 Å². The second kappa shape index (κ2) is 7.45. The minimum Gasteiger partial charge on any atom is -0.545 e. The van der Waals surface area contributed by atoms with Crippen molar-refractivity contribution in [3.63, 3.8) is 0 Å². The molecule has 21 heavy (non-hydrogen) atoms. The molecule has 0 amide bonds. The van der Waals surface area contributed by atoms with Gasteiger partial charge in [-0.25, -0.2) is 0 Å². The van der Waals surface area contributed by atoms with Crippen LogP contribution in [0.1, 0.15) is 15.9 Å². The first-order chi connectivity index (χ1) is 9.78. The molecule has 0 aliphatic heterocycles. The topological polar surface area (TPSA) is 66.2 Å². The number of hydrogen-bond donors (Lipinski definition) is 1. The molecule has 0 aliphatic carbocycles. The summed E-state index contributed by atoms with van der Waals surface area (Å²) in [4.78, 5) is 10.2. The molecular weight excluding hydrogens is 264 g/mol. The van der Waals surface area contributed by atoms with Crippen molar-refractivity contribution in [3.05, 3.63) is 65.7 Å². The van der Waals surface area contributed by atoms with Crippen molar-refractivity contribution < 1.29 is 14.4 Å². The Balaban J connectivity index is 0.000000211. The zero-order valence-electron chi connectivity index (χ0n) is 12.7. The third-order valence-electron chi connectivity index (χ3n) is 2.65. The third-order valence-corrected chi connectivity index (χ3v) is 2.65. The smallest absolute Gasteiger partial charge is 0.104 e. The Kier molecular flexibility index (Phi) is 5.93. The van der Waals surface area contributed by atoms with E-state index in [1.54, 1.807) is 0 Å². The third kappa shape index (κ3) is 7.13. The van der Waals surface area contributed by atoms with E-state index in [0.717, 1.165) is 11.0 Å². The number of nitrogen functional groups attached to an aromatic ring is 1. The Morgan fingerprint density at radius 1 is 1.00 bits per heavy atom. The van der Waals surface area contributed by atoms with Crippen LogP contribution < -0.4 is 10.8 Å². The van der Waals surface area contributed by atoms with Gasteiger partial charge in [0.15, 0.2) is 0 Å². The molecule has 0 aromatic heterocycles. The number of nitrogens with two attached hydrogens (primary N) is 1. The van der Waals surface area contributed by atoms with Crippen molar-refractivity contribution in [2.45, 2.75) is 6.54 Å². The number of carbonyl (C=O) groups is 1. The summed E-state index contributed by atoms with van der Waals surface area (Å²) in [6, 6.07) is 16.4. The number of carboxylic acid groups (broad SMARTS) is 1. The van der Waals surface area contributed by atoms with Gasteiger partial charge in [-0.2, -0.15) is 0 Å². The normalized spacial score (nSPS) is 10.4. The van der Waals surface area contributed by atoms with E-state index < -0.39 is 5.97 Å². The monoisotopic (exact) mass is 286 g/mol. The molecule has 0 unspecified atom stereocenters. The van der Waals surface area contributed by atoms with Crippen molar-refractivity contribution in [3.8, 4) is 0 Å². The SMILES string of the molecule is C[N+](C)(C)Cc1ccccc1.Nc1ccc(C(=O)[O-])cc1. The highest BCUT2D eigenvalue weighted by atomic mass is 16.4. The van der Waals surface area contributed by atoms with E-state index in [-0.39, 0.29) is 5.56 Å². The molecule has 0 bridgehead atoms. The molecule has 4 nitrogen and oxygen atoms in total. The molecule has 0 heterocycles. The molecule has 0 aliphatic rings. The number of nitrogens with zero attached hydrogens (tertiary/aromatic N) is 1. The summed E-state index contributed by atoms with van der Waals surface area (Å²) < 4.78 is 0.990. The molecule has 112 valence electrons. The van der Waals surface area contributed by atoms with Gasteiger partial charge >= 0.3 is 0 Å². The van der Waals surface area contributed by atoms with Crippen LogP contribution in [0, 0.1) is 0 Å². The van der Waals surface area contributed by atoms with Gasteiger partial charge in [0.2, 0.25) is 0 Å². The zero-order chi connectivity index (χ0) is 15.9. The molecule has 0 saturated carbocycles. The minimum atomic E-state index is -1.18. The van der Waals surface area contributed by atoms with E-state index in [4.69, 9.17) is 5.73 Å². The van der Waals surface area contributed by atoms with Crippen LogP contribution >= 0.6 is 0 Å². The molecule has 0 atom stereocenters. The van der Waals surface area contributed by atoms with Crippen molar-refractivity contribution in [2.24, 2.45) is 0 Å². The fraction of sp³-hybridized carbons (Fsp3) is 0.235. The number of aromatic carboxylic acids is 1. The number of anilines is 1. The number of benzene rings is 2. The van der Waals surface area contributed by atoms with E-state index in [1.165, 1.54) is 29.8 Å². The summed E-state index contributed by atoms with van der Waals surface area (Å²) in [5.41, 5.74) is 7.41. The first-order valence-corrected chi connectivity index (χ1v) is 6.69. The number of hydrogen-bond acceptors (Lipinski definition) is 3. The lowest BCUT2D eigenvalue weighted by Crippen LogP contribution is -2.33.